The van der Waals surface area contributed by atoms with Crippen molar-refractivity contribution in [2.45, 2.75) is 64.3 Å². The fourth-order valence-electron chi connectivity index (χ4n) is 2.89. The van der Waals surface area contributed by atoms with E-state index in [1.165, 1.54) is 0 Å². The second-order valence-electron chi connectivity index (χ2n) is 6.30. The summed E-state index contributed by atoms with van der Waals surface area (Å²) in [6, 6.07) is 0.217. The molecule has 2 heterocycles. The standard InChI is InChI=1S/C14H23NO3/c1-9(16)11-7-5-10-6-8-12(11)15(10)13(17)18-14(2,3)4/h5,7,9-12,16H,6,8H2,1-4H3/t9?,10-,11+,12-/m0/s1. The first-order valence-electron chi connectivity index (χ1n) is 6.67. The van der Waals surface area contributed by atoms with E-state index in [0.29, 0.717) is 0 Å². The van der Waals surface area contributed by atoms with Crippen LogP contribution in [0.15, 0.2) is 12.2 Å². The molecular formula is C14H23NO3. The number of aliphatic hydroxyl groups is 1. The van der Waals surface area contributed by atoms with Crippen LogP contribution in [0.2, 0.25) is 0 Å². The molecule has 0 aromatic carbocycles. The van der Waals surface area contributed by atoms with E-state index in [1.54, 1.807) is 6.92 Å². The van der Waals surface area contributed by atoms with Crippen molar-refractivity contribution in [3.8, 4) is 0 Å². The lowest BCUT2D eigenvalue weighted by Crippen LogP contribution is -2.50. The lowest BCUT2D eigenvalue weighted by Gasteiger charge is -2.38. The van der Waals surface area contributed by atoms with Crippen molar-refractivity contribution in [3.63, 3.8) is 0 Å². The number of carbonyl (C=O) groups is 1. The third kappa shape index (κ3) is 2.53. The highest BCUT2D eigenvalue weighted by atomic mass is 16.6. The average molecular weight is 253 g/mol. The van der Waals surface area contributed by atoms with Crippen LogP contribution in [0.4, 0.5) is 4.79 Å². The molecule has 18 heavy (non-hydrogen) atoms. The Morgan fingerprint density at radius 1 is 1.39 bits per heavy atom. The molecule has 2 rings (SSSR count). The van der Waals surface area contributed by atoms with Gasteiger partial charge in [0.25, 0.3) is 0 Å². The third-order valence-electron chi connectivity index (χ3n) is 3.63. The lowest BCUT2D eigenvalue weighted by atomic mass is 9.91. The molecule has 0 spiro atoms. The summed E-state index contributed by atoms with van der Waals surface area (Å²) in [6.45, 7) is 7.40. The predicted molar refractivity (Wildman–Crippen MR) is 69.2 cm³/mol. The number of amides is 1. The molecule has 4 heteroatoms. The average Bonchev–Trinajstić information content (AvgIpc) is 2.49. The highest BCUT2D eigenvalue weighted by Gasteiger charge is 2.44. The summed E-state index contributed by atoms with van der Waals surface area (Å²) >= 11 is 0. The minimum Gasteiger partial charge on any atom is -0.444 e. The van der Waals surface area contributed by atoms with Crippen LogP contribution < -0.4 is 0 Å². The lowest BCUT2D eigenvalue weighted by molar-refractivity contribution is 0.00431. The Morgan fingerprint density at radius 3 is 2.61 bits per heavy atom. The van der Waals surface area contributed by atoms with Gasteiger partial charge in [0, 0.05) is 12.0 Å². The van der Waals surface area contributed by atoms with E-state index in [-0.39, 0.29) is 24.1 Å². The Hall–Kier alpha value is -1.03. The normalized spacial score (nSPS) is 32.5. The number of nitrogens with zero attached hydrogens (tertiary/aromatic N) is 1. The van der Waals surface area contributed by atoms with E-state index in [1.807, 2.05) is 37.8 Å². The molecular weight excluding hydrogens is 230 g/mol. The molecule has 4 nitrogen and oxygen atoms in total. The van der Waals surface area contributed by atoms with Crippen LogP contribution in [0.25, 0.3) is 0 Å². The second kappa shape index (κ2) is 4.57. The van der Waals surface area contributed by atoms with Crippen molar-refractivity contribution in [2.24, 2.45) is 5.92 Å². The van der Waals surface area contributed by atoms with Crippen LogP contribution in [0.5, 0.6) is 0 Å². The van der Waals surface area contributed by atoms with Gasteiger partial charge in [-0.05, 0) is 40.5 Å². The molecule has 1 fully saturated rings. The maximum atomic E-state index is 12.2. The molecule has 4 atom stereocenters. The molecule has 0 saturated carbocycles. The molecule has 0 aromatic rings. The van der Waals surface area contributed by atoms with Crippen LogP contribution in [-0.2, 0) is 4.74 Å². The Labute approximate surface area is 109 Å². The SMILES string of the molecule is CC(O)[C@H]1C=C[C@H]2CC[C@@H]1N2C(=O)OC(C)(C)C. The van der Waals surface area contributed by atoms with Crippen LogP contribution in [0.1, 0.15) is 40.5 Å². The van der Waals surface area contributed by atoms with Gasteiger partial charge in [-0.2, -0.15) is 0 Å². The zero-order valence-corrected chi connectivity index (χ0v) is 11.6. The number of aliphatic hydroxyl groups excluding tert-OH is 1. The number of hydrogen-bond acceptors (Lipinski definition) is 3. The van der Waals surface area contributed by atoms with Crippen LogP contribution in [0.3, 0.4) is 0 Å². The van der Waals surface area contributed by atoms with Gasteiger partial charge in [-0.15, -0.1) is 0 Å². The van der Waals surface area contributed by atoms with Gasteiger partial charge in [0.1, 0.15) is 5.60 Å². The van der Waals surface area contributed by atoms with Gasteiger partial charge in [-0.3, -0.25) is 4.90 Å². The minimum atomic E-state index is -0.474. The first-order valence-corrected chi connectivity index (χ1v) is 6.67. The largest absolute Gasteiger partial charge is 0.444 e. The van der Waals surface area contributed by atoms with E-state index in [4.69, 9.17) is 4.74 Å². The summed E-state index contributed by atoms with van der Waals surface area (Å²) in [6.07, 6.45) is 5.29. The molecule has 102 valence electrons. The highest BCUT2D eigenvalue weighted by molar-refractivity contribution is 5.70. The smallest absolute Gasteiger partial charge is 0.411 e. The topological polar surface area (TPSA) is 49.8 Å². The van der Waals surface area contributed by atoms with Crippen molar-refractivity contribution in [3.05, 3.63) is 12.2 Å². The Bertz CT molecular complexity index is 357. The van der Waals surface area contributed by atoms with Gasteiger partial charge < -0.3 is 9.84 Å². The Kier molecular flexibility index (Phi) is 3.41. The Balaban J connectivity index is 2.15. The Morgan fingerprint density at radius 2 is 2.06 bits per heavy atom. The van der Waals surface area contributed by atoms with Crippen LogP contribution in [0, 0.1) is 5.92 Å². The van der Waals surface area contributed by atoms with E-state index in [9.17, 15) is 9.90 Å². The number of fused-ring (bicyclic) bond motifs is 2. The maximum Gasteiger partial charge on any atom is 0.411 e. The van der Waals surface area contributed by atoms with Crippen LogP contribution >= 0.6 is 0 Å². The molecule has 1 N–H and O–H groups in total. The number of ether oxygens (including phenoxy) is 1. The van der Waals surface area contributed by atoms with Crippen molar-refractivity contribution < 1.29 is 14.6 Å². The minimum absolute atomic E-state index is 0.0243. The molecule has 0 aromatic heterocycles. The molecule has 1 saturated heterocycles. The molecule has 2 bridgehead atoms. The molecule has 1 unspecified atom stereocenters. The van der Waals surface area contributed by atoms with E-state index >= 15 is 0 Å². The van der Waals surface area contributed by atoms with Gasteiger partial charge in [0.05, 0.1) is 12.1 Å². The molecule has 2 aliphatic heterocycles. The molecule has 1 amide bonds. The van der Waals surface area contributed by atoms with E-state index in [0.717, 1.165) is 12.8 Å². The first kappa shape index (κ1) is 13.4. The van der Waals surface area contributed by atoms with E-state index in [2.05, 4.69) is 0 Å². The summed E-state index contributed by atoms with van der Waals surface area (Å²) < 4.78 is 5.46. The maximum absolute atomic E-state index is 12.2. The summed E-state index contributed by atoms with van der Waals surface area (Å²) in [7, 11) is 0. The van der Waals surface area contributed by atoms with E-state index < -0.39 is 11.7 Å². The monoisotopic (exact) mass is 253 g/mol. The van der Waals surface area contributed by atoms with Gasteiger partial charge in [-0.25, -0.2) is 4.79 Å². The van der Waals surface area contributed by atoms with Gasteiger partial charge in [-0.1, -0.05) is 12.2 Å². The van der Waals surface area contributed by atoms with Gasteiger partial charge in [0.15, 0.2) is 0 Å². The number of hydrogen-bond donors (Lipinski definition) is 1. The van der Waals surface area contributed by atoms with Crippen molar-refractivity contribution in [1.82, 2.24) is 4.90 Å². The number of carbonyl (C=O) groups excluding carboxylic acids is 1. The fourth-order valence-corrected chi connectivity index (χ4v) is 2.89. The third-order valence-corrected chi connectivity index (χ3v) is 3.63. The zero-order valence-electron chi connectivity index (χ0n) is 11.6. The second-order valence-corrected chi connectivity index (χ2v) is 6.30. The summed E-state index contributed by atoms with van der Waals surface area (Å²) in [4.78, 5) is 14.0. The molecule has 0 aliphatic carbocycles. The highest BCUT2D eigenvalue weighted by Crippen LogP contribution is 2.37. The summed E-state index contributed by atoms with van der Waals surface area (Å²) in [5, 5.41) is 9.80. The van der Waals surface area contributed by atoms with Crippen molar-refractivity contribution in [2.75, 3.05) is 0 Å². The molecule has 2 aliphatic rings. The van der Waals surface area contributed by atoms with Gasteiger partial charge in [0.2, 0.25) is 0 Å². The van der Waals surface area contributed by atoms with Crippen molar-refractivity contribution >= 4 is 6.09 Å². The quantitative estimate of drug-likeness (QED) is 0.730. The molecule has 0 radical (unpaired) electrons. The first-order chi connectivity index (χ1) is 8.29. The van der Waals surface area contributed by atoms with Gasteiger partial charge >= 0.3 is 6.09 Å². The van der Waals surface area contributed by atoms with Crippen LogP contribution in [-0.4, -0.2) is 39.9 Å². The number of rotatable bonds is 1. The summed E-state index contributed by atoms with van der Waals surface area (Å²) in [5.74, 6) is 0.0243. The fraction of sp³-hybridized carbons (Fsp3) is 0.786. The zero-order chi connectivity index (χ0) is 13.5. The van der Waals surface area contributed by atoms with Crippen molar-refractivity contribution in [1.29, 1.82) is 0 Å². The predicted octanol–water partition coefficient (Wildman–Crippen LogP) is 2.32. The summed E-state index contributed by atoms with van der Waals surface area (Å²) in [5.41, 5.74) is -0.474.